The summed E-state index contributed by atoms with van der Waals surface area (Å²) in [5.74, 6) is 0. The highest BCUT2D eigenvalue weighted by molar-refractivity contribution is 5.26. The summed E-state index contributed by atoms with van der Waals surface area (Å²) in [5, 5.41) is 0. The van der Waals surface area contributed by atoms with Crippen molar-refractivity contribution < 1.29 is 28.5 Å². The van der Waals surface area contributed by atoms with Gasteiger partial charge in [0, 0.05) is 11.8 Å². The van der Waals surface area contributed by atoms with E-state index in [1.165, 1.54) is 38.6 Å². The molecule has 0 amide bonds. The van der Waals surface area contributed by atoms with Crippen LogP contribution in [0.1, 0.15) is 37.7 Å². The number of benzene rings is 1. The van der Waals surface area contributed by atoms with Gasteiger partial charge in [-0.15, -0.1) is 0 Å². The predicted molar refractivity (Wildman–Crippen MR) is 74.1 cm³/mol. The lowest BCUT2D eigenvalue weighted by atomic mass is 9.76. The van der Waals surface area contributed by atoms with Crippen LogP contribution in [0.3, 0.4) is 0 Å². The molecule has 2 heteroatoms. The number of hydrogen-bond donors (Lipinski definition) is 0. The fraction of sp³-hybridized carbons (Fsp3) is 0.625. The topological polar surface area (TPSA) is 0 Å². The Morgan fingerprint density at radius 2 is 1.56 bits per heavy atom. The smallest absolute Gasteiger partial charge is 0.0789 e. The van der Waals surface area contributed by atoms with Gasteiger partial charge in [0.05, 0.1) is 27.7 Å². The third-order valence-corrected chi connectivity index (χ3v) is 4.21. The Kier molecular flexibility index (Phi) is 5.66. The van der Waals surface area contributed by atoms with Crippen molar-refractivity contribution in [3.05, 3.63) is 35.9 Å². The number of hydrogen-bond acceptors (Lipinski definition) is 0. The molecular formula is C16H26IN. The SMILES string of the molecule is C[N+](C)(C)CCC1(c2ccccc2)CCCC1.[I-]. The van der Waals surface area contributed by atoms with E-state index >= 15 is 0 Å². The second-order valence-electron chi connectivity index (χ2n) is 6.62. The first-order chi connectivity index (χ1) is 8.02. The van der Waals surface area contributed by atoms with Crippen LogP contribution in [-0.2, 0) is 5.41 Å². The van der Waals surface area contributed by atoms with Crippen molar-refractivity contribution in [2.24, 2.45) is 0 Å². The summed E-state index contributed by atoms with van der Waals surface area (Å²) >= 11 is 0. The molecule has 1 aliphatic carbocycles. The van der Waals surface area contributed by atoms with E-state index in [9.17, 15) is 0 Å². The molecule has 0 heterocycles. The minimum Gasteiger partial charge on any atom is -1.00 e. The van der Waals surface area contributed by atoms with Crippen LogP contribution in [0.4, 0.5) is 0 Å². The molecule has 1 aromatic rings. The average Bonchev–Trinajstić information content (AvgIpc) is 2.77. The Bertz CT molecular complexity index is 347. The Balaban J connectivity index is 0.00000162. The molecular weight excluding hydrogens is 333 g/mol. The molecule has 0 unspecified atom stereocenters. The first kappa shape index (κ1) is 16.0. The molecule has 0 atom stereocenters. The van der Waals surface area contributed by atoms with Crippen LogP contribution in [0, 0.1) is 0 Å². The lowest BCUT2D eigenvalue weighted by Crippen LogP contribution is -3.00. The molecule has 18 heavy (non-hydrogen) atoms. The van der Waals surface area contributed by atoms with Gasteiger partial charge < -0.3 is 28.5 Å². The van der Waals surface area contributed by atoms with Crippen LogP contribution in [-0.4, -0.2) is 32.2 Å². The summed E-state index contributed by atoms with van der Waals surface area (Å²) < 4.78 is 1.08. The third kappa shape index (κ3) is 3.95. The third-order valence-electron chi connectivity index (χ3n) is 4.21. The maximum absolute atomic E-state index is 2.33. The van der Waals surface area contributed by atoms with Crippen LogP contribution in [0.25, 0.3) is 0 Å². The van der Waals surface area contributed by atoms with E-state index in [2.05, 4.69) is 51.5 Å². The summed E-state index contributed by atoms with van der Waals surface area (Å²) in [5.41, 5.74) is 2.05. The zero-order valence-electron chi connectivity index (χ0n) is 12.0. The van der Waals surface area contributed by atoms with Gasteiger partial charge in [0.25, 0.3) is 0 Å². The van der Waals surface area contributed by atoms with E-state index in [1.54, 1.807) is 5.56 Å². The number of quaternary nitrogens is 1. The number of nitrogens with zero attached hydrogens (tertiary/aromatic N) is 1. The second-order valence-corrected chi connectivity index (χ2v) is 6.62. The number of halogens is 1. The summed E-state index contributed by atoms with van der Waals surface area (Å²) in [6.45, 7) is 1.27. The Labute approximate surface area is 129 Å². The maximum atomic E-state index is 2.33. The summed E-state index contributed by atoms with van der Waals surface area (Å²) in [6.07, 6.45) is 6.92. The fourth-order valence-corrected chi connectivity index (χ4v) is 3.08. The van der Waals surface area contributed by atoms with Crippen molar-refractivity contribution in [3.63, 3.8) is 0 Å². The molecule has 102 valence electrons. The van der Waals surface area contributed by atoms with E-state index in [-0.39, 0.29) is 24.0 Å². The van der Waals surface area contributed by atoms with Crippen LogP contribution < -0.4 is 24.0 Å². The average molecular weight is 359 g/mol. The zero-order valence-corrected chi connectivity index (χ0v) is 14.1. The molecule has 0 radical (unpaired) electrons. The van der Waals surface area contributed by atoms with Crippen LogP contribution >= 0.6 is 0 Å². The molecule has 2 rings (SSSR count). The molecule has 1 saturated carbocycles. The molecule has 1 fully saturated rings. The molecule has 0 aromatic heterocycles. The van der Waals surface area contributed by atoms with Crippen molar-refractivity contribution in [1.82, 2.24) is 0 Å². The van der Waals surface area contributed by atoms with Crippen molar-refractivity contribution in [2.75, 3.05) is 27.7 Å². The molecule has 1 aliphatic rings. The summed E-state index contributed by atoms with van der Waals surface area (Å²) in [7, 11) is 6.90. The molecule has 0 bridgehead atoms. The van der Waals surface area contributed by atoms with E-state index < -0.39 is 0 Å². The van der Waals surface area contributed by atoms with Gasteiger partial charge >= 0.3 is 0 Å². The highest BCUT2D eigenvalue weighted by Gasteiger charge is 2.36. The van der Waals surface area contributed by atoms with Gasteiger partial charge in [0.1, 0.15) is 0 Å². The minimum atomic E-state index is 0. The quantitative estimate of drug-likeness (QED) is 0.546. The number of rotatable bonds is 4. The van der Waals surface area contributed by atoms with Crippen LogP contribution in [0.15, 0.2) is 30.3 Å². The summed E-state index contributed by atoms with van der Waals surface area (Å²) in [6, 6.07) is 11.2. The first-order valence-electron chi connectivity index (χ1n) is 6.88. The fourth-order valence-electron chi connectivity index (χ4n) is 3.08. The highest BCUT2D eigenvalue weighted by Crippen LogP contribution is 2.43. The van der Waals surface area contributed by atoms with Gasteiger partial charge in [-0.25, -0.2) is 0 Å². The van der Waals surface area contributed by atoms with Gasteiger partial charge in [-0.1, -0.05) is 43.2 Å². The zero-order chi connectivity index (χ0) is 12.4. The second kappa shape index (κ2) is 6.38. The molecule has 0 N–H and O–H groups in total. The van der Waals surface area contributed by atoms with Crippen molar-refractivity contribution in [3.8, 4) is 0 Å². The van der Waals surface area contributed by atoms with Gasteiger partial charge in [-0.3, -0.25) is 0 Å². The highest BCUT2D eigenvalue weighted by atomic mass is 127. The Morgan fingerprint density at radius 3 is 2.06 bits per heavy atom. The van der Waals surface area contributed by atoms with Crippen LogP contribution in [0.5, 0.6) is 0 Å². The monoisotopic (exact) mass is 359 g/mol. The van der Waals surface area contributed by atoms with E-state index in [4.69, 9.17) is 0 Å². The Morgan fingerprint density at radius 1 is 1.00 bits per heavy atom. The van der Waals surface area contributed by atoms with Crippen molar-refractivity contribution in [2.45, 2.75) is 37.5 Å². The lowest BCUT2D eigenvalue weighted by molar-refractivity contribution is -0.871. The van der Waals surface area contributed by atoms with Crippen LogP contribution in [0.2, 0.25) is 0 Å². The molecule has 0 aliphatic heterocycles. The molecule has 0 saturated heterocycles. The van der Waals surface area contributed by atoms with Crippen molar-refractivity contribution >= 4 is 0 Å². The largest absolute Gasteiger partial charge is 1.00 e. The molecule has 0 spiro atoms. The predicted octanol–water partition coefficient (Wildman–Crippen LogP) is 0.599. The molecule has 1 aromatic carbocycles. The molecule has 1 nitrogen and oxygen atoms in total. The lowest BCUT2D eigenvalue weighted by Gasteiger charge is -2.33. The van der Waals surface area contributed by atoms with Gasteiger partial charge in [0.15, 0.2) is 0 Å². The van der Waals surface area contributed by atoms with Gasteiger partial charge in [0.2, 0.25) is 0 Å². The Hall–Kier alpha value is -0.0900. The summed E-state index contributed by atoms with van der Waals surface area (Å²) in [4.78, 5) is 0. The minimum absolute atomic E-state index is 0. The maximum Gasteiger partial charge on any atom is 0.0789 e. The van der Waals surface area contributed by atoms with Crippen molar-refractivity contribution in [1.29, 1.82) is 0 Å². The van der Waals surface area contributed by atoms with E-state index in [0.29, 0.717) is 5.41 Å². The standard InChI is InChI=1S/C16H26N.HI/c1-17(2,3)14-13-16(11-7-8-12-16)15-9-5-4-6-10-15;/h4-6,9-10H,7-8,11-14H2,1-3H3;1H/q+1;/p-1. The van der Waals surface area contributed by atoms with Gasteiger partial charge in [-0.05, 0) is 18.4 Å². The normalized spacial score (nSPS) is 18.4. The first-order valence-corrected chi connectivity index (χ1v) is 6.88. The van der Waals surface area contributed by atoms with Gasteiger partial charge in [-0.2, -0.15) is 0 Å². The van der Waals surface area contributed by atoms with E-state index in [0.717, 1.165) is 4.48 Å². The van der Waals surface area contributed by atoms with E-state index in [1.807, 2.05) is 0 Å².